The number of nitrogens with zero attached hydrogens (tertiary/aromatic N) is 1. The lowest BCUT2D eigenvalue weighted by atomic mass is 10.0. The van der Waals surface area contributed by atoms with Crippen LogP contribution in [0.3, 0.4) is 0 Å². The molecule has 0 aliphatic carbocycles. The summed E-state index contributed by atoms with van der Waals surface area (Å²) in [6, 6.07) is 12.8. The lowest BCUT2D eigenvalue weighted by Crippen LogP contribution is -2.46. The number of carbonyl (C=O) groups excluding carboxylic acids is 1. The Morgan fingerprint density at radius 2 is 1.81 bits per heavy atom. The molecule has 172 valence electrons. The molecular weight excluding hydrogens is 408 g/mol. The van der Waals surface area contributed by atoms with Crippen LogP contribution in [0, 0.1) is 0 Å². The van der Waals surface area contributed by atoms with Crippen LogP contribution in [0.2, 0.25) is 0 Å². The average Bonchev–Trinajstić information content (AvgIpc) is 3.35. The van der Waals surface area contributed by atoms with Crippen molar-refractivity contribution in [1.29, 1.82) is 0 Å². The molecule has 0 aromatic heterocycles. The number of rotatable bonds is 9. The molecule has 1 amide bonds. The molecule has 0 radical (unpaired) electrons. The van der Waals surface area contributed by atoms with Crippen LogP contribution in [-0.4, -0.2) is 61.9 Å². The van der Waals surface area contributed by atoms with Crippen molar-refractivity contribution in [3.8, 4) is 17.2 Å². The van der Waals surface area contributed by atoms with E-state index in [0.717, 1.165) is 37.2 Å². The number of nitrogens with one attached hydrogen (secondary N) is 1. The van der Waals surface area contributed by atoms with E-state index in [9.17, 15) is 9.90 Å². The fourth-order valence-electron chi connectivity index (χ4n) is 4.27. The van der Waals surface area contributed by atoms with Gasteiger partial charge in [-0.2, -0.15) is 0 Å². The normalized spacial score (nSPS) is 17.6. The van der Waals surface area contributed by atoms with Gasteiger partial charge in [-0.15, -0.1) is 0 Å². The molecule has 0 spiro atoms. The maximum absolute atomic E-state index is 12.8. The summed E-state index contributed by atoms with van der Waals surface area (Å²) in [6.45, 7) is 3.62. The van der Waals surface area contributed by atoms with Crippen LogP contribution in [-0.2, 0) is 11.2 Å². The van der Waals surface area contributed by atoms with Crippen LogP contribution >= 0.6 is 0 Å². The maximum Gasteiger partial charge on any atom is 0.220 e. The van der Waals surface area contributed by atoms with E-state index in [1.54, 1.807) is 7.11 Å². The highest BCUT2D eigenvalue weighted by Gasteiger charge is 2.27. The van der Waals surface area contributed by atoms with Crippen LogP contribution in [0.4, 0.5) is 0 Å². The molecule has 2 aromatic rings. The Hall–Kier alpha value is -2.77. The van der Waals surface area contributed by atoms with Crippen LogP contribution in [0.15, 0.2) is 42.5 Å². The van der Waals surface area contributed by atoms with Gasteiger partial charge in [-0.3, -0.25) is 4.79 Å². The first kappa shape index (κ1) is 22.4. The summed E-state index contributed by atoms with van der Waals surface area (Å²) in [4.78, 5) is 15.1. The molecule has 2 unspecified atom stereocenters. The number of aliphatic hydroxyl groups is 1. The Morgan fingerprint density at radius 3 is 2.53 bits per heavy atom. The van der Waals surface area contributed by atoms with Crippen LogP contribution in [0.25, 0.3) is 0 Å². The second kappa shape index (κ2) is 10.7. The minimum atomic E-state index is -0.837. The van der Waals surface area contributed by atoms with Crippen LogP contribution in [0.5, 0.6) is 17.2 Å². The topological polar surface area (TPSA) is 80.3 Å². The number of aryl methyl sites for hydroxylation is 1. The minimum absolute atomic E-state index is 0.0680. The van der Waals surface area contributed by atoms with Gasteiger partial charge in [-0.25, -0.2) is 0 Å². The summed E-state index contributed by atoms with van der Waals surface area (Å²) in [7, 11) is 1.63. The molecule has 7 nitrogen and oxygen atoms in total. The summed E-state index contributed by atoms with van der Waals surface area (Å²) in [5.41, 5.74) is 1.79. The Morgan fingerprint density at radius 1 is 1.09 bits per heavy atom. The van der Waals surface area contributed by atoms with Gasteiger partial charge in [-0.1, -0.05) is 18.2 Å². The third kappa shape index (κ3) is 5.72. The van der Waals surface area contributed by atoms with Gasteiger partial charge >= 0.3 is 0 Å². The number of hydrogen-bond donors (Lipinski definition) is 2. The third-order valence-electron chi connectivity index (χ3n) is 6.09. The summed E-state index contributed by atoms with van der Waals surface area (Å²) >= 11 is 0. The molecule has 7 heteroatoms. The molecule has 2 aromatic carbocycles. The fraction of sp³-hybridized carbons (Fsp3) is 0.480. The molecule has 2 aliphatic heterocycles. The van der Waals surface area contributed by atoms with Crippen molar-refractivity contribution < 1.29 is 24.1 Å². The number of methoxy groups -OCH3 is 1. The van der Waals surface area contributed by atoms with Crippen molar-refractivity contribution in [3.63, 3.8) is 0 Å². The summed E-state index contributed by atoms with van der Waals surface area (Å²) < 4.78 is 16.4. The molecule has 2 atom stereocenters. The number of likely N-dealkylation sites (tertiary alicyclic amines) is 1. The Bertz CT molecular complexity index is 896. The van der Waals surface area contributed by atoms with E-state index in [1.807, 2.05) is 42.5 Å². The van der Waals surface area contributed by atoms with E-state index < -0.39 is 12.1 Å². The SMILES string of the molecule is COc1ccc(CCC(=O)NC(CN2CCCC2)C(O)c2ccc3c(c2)OCCO3)cc1. The van der Waals surface area contributed by atoms with E-state index in [0.29, 0.717) is 49.7 Å². The first-order valence-corrected chi connectivity index (χ1v) is 11.3. The van der Waals surface area contributed by atoms with E-state index >= 15 is 0 Å². The van der Waals surface area contributed by atoms with Crippen molar-refractivity contribution in [2.24, 2.45) is 0 Å². The molecule has 2 aliphatic rings. The number of aliphatic hydroxyl groups excluding tert-OH is 1. The molecular formula is C25H32N2O5. The van der Waals surface area contributed by atoms with E-state index in [2.05, 4.69) is 10.2 Å². The minimum Gasteiger partial charge on any atom is -0.497 e. The van der Waals surface area contributed by atoms with Gasteiger partial charge in [-0.05, 0) is 67.7 Å². The lowest BCUT2D eigenvalue weighted by molar-refractivity contribution is -0.122. The third-order valence-corrected chi connectivity index (χ3v) is 6.09. The second-order valence-electron chi connectivity index (χ2n) is 8.38. The van der Waals surface area contributed by atoms with Crippen molar-refractivity contribution in [2.75, 3.05) is 40.0 Å². The zero-order chi connectivity index (χ0) is 22.3. The number of benzene rings is 2. The van der Waals surface area contributed by atoms with E-state index in [1.165, 1.54) is 0 Å². The smallest absolute Gasteiger partial charge is 0.220 e. The van der Waals surface area contributed by atoms with Gasteiger partial charge in [0, 0.05) is 13.0 Å². The Kier molecular flexibility index (Phi) is 7.50. The first-order chi connectivity index (χ1) is 15.6. The summed E-state index contributed by atoms with van der Waals surface area (Å²) in [5.74, 6) is 2.05. The lowest BCUT2D eigenvalue weighted by Gasteiger charge is -2.29. The van der Waals surface area contributed by atoms with Crippen molar-refractivity contribution in [2.45, 2.75) is 37.8 Å². The number of amides is 1. The van der Waals surface area contributed by atoms with Crippen molar-refractivity contribution in [1.82, 2.24) is 10.2 Å². The standard InChI is InChI=1S/C25H32N2O5/c1-30-20-8-4-18(5-9-20)6-11-24(28)26-21(17-27-12-2-3-13-27)25(29)19-7-10-22-23(16-19)32-15-14-31-22/h4-5,7-10,16,21,25,29H,2-3,6,11-15,17H2,1H3,(H,26,28). The highest BCUT2D eigenvalue weighted by Crippen LogP contribution is 2.33. The van der Waals surface area contributed by atoms with Gasteiger partial charge in [0.15, 0.2) is 11.5 Å². The fourth-order valence-corrected chi connectivity index (χ4v) is 4.27. The van der Waals surface area contributed by atoms with E-state index in [-0.39, 0.29) is 5.91 Å². The molecule has 4 rings (SSSR count). The highest BCUT2D eigenvalue weighted by atomic mass is 16.6. The number of carbonyl (C=O) groups is 1. The predicted molar refractivity (Wildman–Crippen MR) is 121 cm³/mol. The van der Waals surface area contributed by atoms with Gasteiger partial charge in [0.2, 0.25) is 5.91 Å². The molecule has 2 N–H and O–H groups in total. The summed E-state index contributed by atoms with van der Waals surface area (Å²) in [6.07, 6.45) is 2.45. The van der Waals surface area contributed by atoms with Gasteiger partial charge in [0.1, 0.15) is 25.1 Å². The molecule has 0 saturated carbocycles. The molecule has 1 saturated heterocycles. The summed E-state index contributed by atoms with van der Waals surface area (Å²) in [5, 5.41) is 14.3. The molecule has 2 heterocycles. The van der Waals surface area contributed by atoms with Crippen LogP contribution < -0.4 is 19.5 Å². The second-order valence-corrected chi connectivity index (χ2v) is 8.38. The zero-order valence-corrected chi connectivity index (χ0v) is 18.6. The van der Waals surface area contributed by atoms with Crippen LogP contribution in [0.1, 0.15) is 36.5 Å². The maximum atomic E-state index is 12.8. The Labute approximate surface area is 189 Å². The number of fused-ring (bicyclic) bond motifs is 1. The van der Waals surface area contributed by atoms with Gasteiger partial charge < -0.3 is 29.5 Å². The predicted octanol–water partition coefficient (Wildman–Crippen LogP) is 2.71. The Balaban J connectivity index is 1.41. The van der Waals surface area contributed by atoms with Gasteiger partial charge in [0.05, 0.1) is 13.2 Å². The van der Waals surface area contributed by atoms with Crippen molar-refractivity contribution >= 4 is 5.91 Å². The number of ether oxygens (including phenoxy) is 3. The van der Waals surface area contributed by atoms with Gasteiger partial charge in [0.25, 0.3) is 0 Å². The zero-order valence-electron chi connectivity index (χ0n) is 18.6. The largest absolute Gasteiger partial charge is 0.497 e. The number of hydrogen-bond acceptors (Lipinski definition) is 6. The quantitative estimate of drug-likeness (QED) is 0.624. The monoisotopic (exact) mass is 440 g/mol. The molecule has 1 fully saturated rings. The first-order valence-electron chi connectivity index (χ1n) is 11.3. The molecule has 0 bridgehead atoms. The average molecular weight is 441 g/mol. The molecule has 32 heavy (non-hydrogen) atoms. The van der Waals surface area contributed by atoms with E-state index in [4.69, 9.17) is 14.2 Å². The van der Waals surface area contributed by atoms with Crippen molar-refractivity contribution in [3.05, 3.63) is 53.6 Å². The highest BCUT2D eigenvalue weighted by molar-refractivity contribution is 5.76.